The normalized spacial score (nSPS) is 19.2. The van der Waals surface area contributed by atoms with Gasteiger partial charge in [-0.2, -0.15) is 0 Å². The fourth-order valence-electron chi connectivity index (χ4n) is 3.93. The van der Waals surface area contributed by atoms with E-state index in [0.29, 0.717) is 25.2 Å². The molecule has 3 atom stereocenters. The van der Waals surface area contributed by atoms with E-state index >= 15 is 0 Å². The molecule has 1 aliphatic rings. The van der Waals surface area contributed by atoms with E-state index in [2.05, 4.69) is 16.8 Å². The predicted molar refractivity (Wildman–Crippen MR) is 131 cm³/mol. The highest BCUT2D eigenvalue weighted by Crippen LogP contribution is 2.27. The summed E-state index contributed by atoms with van der Waals surface area (Å²) in [7, 11) is 1.93. The highest BCUT2D eigenvalue weighted by Gasteiger charge is 2.34. The van der Waals surface area contributed by atoms with E-state index in [9.17, 15) is 19.4 Å². The predicted octanol–water partition coefficient (Wildman–Crippen LogP) is 2.70. The number of ether oxygens (including phenoxy) is 1. The number of pyridine rings is 1. The molecule has 0 bridgehead atoms. The molecule has 1 amide bonds. The van der Waals surface area contributed by atoms with Crippen LogP contribution < -0.4 is 4.74 Å². The lowest BCUT2D eigenvalue weighted by atomic mass is 9.99. The third-order valence-electron chi connectivity index (χ3n) is 5.87. The number of carbonyl (C=O) groups excluding carboxylic acids is 1. The van der Waals surface area contributed by atoms with Gasteiger partial charge in [-0.15, -0.1) is 0 Å². The van der Waals surface area contributed by atoms with Gasteiger partial charge in [0.2, 0.25) is 5.88 Å². The monoisotopic (exact) mass is 483 g/mol. The Labute approximate surface area is 206 Å². The van der Waals surface area contributed by atoms with Crippen molar-refractivity contribution < 1.29 is 24.1 Å². The first-order valence-electron chi connectivity index (χ1n) is 11.7. The Morgan fingerprint density at radius 3 is 2.77 bits per heavy atom. The van der Waals surface area contributed by atoms with Crippen molar-refractivity contribution in [2.75, 3.05) is 26.7 Å². The van der Waals surface area contributed by atoms with Crippen LogP contribution >= 0.6 is 0 Å². The van der Waals surface area contributed by atoms with Crippen molar-refractivity contribution in [2.24, 2.45) is 5.92 Å². The maximum Gasteiger partial charge on any atom is 0.259 e. The van der Waals surface area contributed by atoms with Gasteiger partial charge in [-0.3, -0.25) is 9.69 Å². The first kappa shape index (κ1) is 26.6. The van der Waals surface area contributed by atoms with Crippen LogP contribution in [0.2, 0.25) is 0 Å². The minimum Gasteiger partial charge on any atom is -0.472 e. The summed E-state index contributed by atoms with van der Waals surface area (Å²) >= 11 is 0. The van der Waals surface area contributed by atoms with Crippen LogP contribution in [-0.4, -0.2) is 75.4 Å². The van der Waals surface area contributed by atoms with Gasteiger partial charge in [0.15, 0.2) is 0 Å². The lowest BCUT2D eigenvalue weighted by Crippen LogP contribution is -2.49. The van der Waals surface area contributed by atoms with Crippen LogP contribution in [0.3, 0.4) is 0 Å². The summed E-state index contributed by atoms with van der Waals surface area (Å²) in [6.45, 7) is 8.21. The average molecular weight is 484 g/mol. The number of fused-ring (bicyclic) bond motifs is 1. The molecule has 0 unspecified atom stereocenters. The molecule has 8 heteroatoms. The molecule has 0 saturated carbocycles. The molecule has 1 aromatic heterocycles. The molecule has 1 aromatic carbocycles. The number of aromatic nitrogens is 1. The van der Waals surface area contributed by atoms with Gasteiger partial charge in [0, 0.05) is 37.3 Å². The number of amides is 1. The number of rotatable bonds is 6. The van der Waals surface area contributed by atoms with E-state index in [1.807, 2.05) is 24.9 Å². The lowest BCUT2D eigenvalue weighted by molar-refractivity contribution is 0.0325. The highest BCUT2D eigenvalue weighted by atomic mass is 19.1. The van der Waals surface area contributed by atoms with Gasteiger partial charge >= 0.3 is 0 Å². The molecule has 0 radical (unpaired) electrons. The second-order valence-electron chi connectivity index (χ2n) is 9.84. The van der Waals surface area contributed by atoms with Crippen molar-refractivity contribution in [2.45, 2.75) is 52.0 Å². The van der Waals surface area contributed by atoms with E-state index in [1.165, 1.54) is 18.3 Å². The summed E-state index contributed by atoms with van der Waals surface area (Å²) in [4.78, 5) is 21.5. The third kappa shape index (κ3) is 7.25. The Bertz CT molecular complexity index is 1110. The van der Waals surface area contributed by atoms with Crippen LogP contribution in [0.1, 0.15) is 49.2 Å². The first-order chi connectivity index (χ1) is 16.5. The quantitative estimate of drug-likeness (QED) is 0.615. The van der Waals surface area contributed by atoms with E-state index in [4.69, 9.17) is 4.74 Å². The Balaban J connectivity index is 1.92. The van der Waals surface area contributed by atoms with Gasteiger partial charge in [-0.05, 0) is 51.6 Å². The molecule has 7 nitrogen and oxygen atoms in total. The maximum absolute atomic E-state index is 13.6. The van der Waals surface area contributed by atoms with Gasteiger partial charge in [-0.25, -0.2) is 9.37 Å². The van der Waals surface area contributed by atoms with Crippen LogP contribution in [0.25, 0.3) is 0 Å². The van der Waals surface area contributed by atoms with E-state index in [-0.39, 0.29) is 41.8 Å². The number of likely N-dealkylation sites (N-methyl/N-ethyl adjacent to an activating group) is 1. The minimum atomic E-state index is -1.19. The molecule has 0 spiro atoms. The van der Waals surface area contributed by atoms with Gasteiger partial charge in [0.25, 0.3) is 5.91 Å². The second-order valence-corrected chi connectivity index (χ2v) is 9.84. The SMILES string of the molecule is C[C@@H]1CN([C@H](C)CO)C(=O)c2cc(C#CC(C)(C)O)cnc2O[C@H]1CN(C)Cc1cccc(F)c1. The van der Waals surface area contributed by atoms with Crippen molar-refractivity contribution in [1.29, 1.82) is 0 Å². The molecule has 2 heterocycles. The Morgan fingerprint density at radius 1 is 1.37 bits per heavy atom. The molecule has 188 valence electrons. The first-order valence-corrected chi connectivity index (χ1v) is 11.7. The number of aliphatic hydroxyl groups excluding tert-OH is 1. The molecular weight excluding hydrogens is 449 g/mol. The number of hydrogen-bond acceptors (Lipinski definition) is 6. The molecule has 3 rings (SSSR count). The van der Waals surface area contributed by atoms with E-state index in [0.717, 1.165) is 5.56 Å². The number of halogens is 1. The molecule has 0 fully saturated rings. The number of nitrogens with zero attached hydrogens (tertiary/aromatic N) is 3. The summed E-state index contributed by atoms with van der Waals surface area (Å²) in [5, 5.41) is 19.7. The van der Waals surface area contributed by atoms with Gasteiger partial charge in [0.1, 0.15) is 23.1 Å². The minimum absolute atomic E-state index is 0.0625. The maximum atomic E-state index is 13.6. The summed E-state index contributed by atoms with van der Waals surface area (Å²) in [5.74, 6) is 5.16. The van der Waals surface area contributed by atoms with Gasteiger partial charge < -0.3 is 19.8 Å². The van der Waals surface area contributed by atoms with Crippen LogP contribution in [0.4, 0.5) is 4.39 Å². The zero-order chi connectivity index (χ0) is 25.8. The average Bonchev–Trinajstić information content (AvgIpc) is 2.79. The number of benzene rings is 1. The smallest absolute Gasteiger partial charge is 0.259 e. The lowest BCUT2D eigenvalue weighted by Gasteiger charge is -2.37. The van der Waals surface area contributed by atoms with Crippen molar-refractivity contribution in [1.82, 2.24) is 14.8 Å². The summed E-state index contributed by atoms with van der Waals surface area (Å²) in [6.07, 6.45) is 1.21. The molecule has 1 aliphatic heterocycles. The van der Waals surface area contributed by atoms with Crippen LogP contribution in [0.5, 0.6) is 5.88 Å². The molecule has 2 N–H and O–H groups in total. The molecule has 0 saturated heterocycles. The van der Waals surface area contributed by atoms with Crippen molar-refractivity contribution in [3.8, 4) is 17.7 Å². The van der Waals surface area contributed by atoms with Crippen molar-refractivity contribution >= 4 is 5.91 Å². The highest BCUT2D eigenvalue weighted by molar-refractivity contribution is 5.97. The number of carbonyl (C=O) groups is 1. The van der Waals surface area contributed by atoms with Gasteiger partial charge in [0.05, 0.1) is 12.6 Å². The Hall–Kier alpha value is -2.99. The van der Waals surface area contributed by atoms with E-state index < -0.39 is 11.6 Å². The topological polar surface area (TPSA) is 86.1 Å². The fourth-order valence-corrected chi connectivity index (χ4v) is 3.93. The molecule has 2 aromatic rings. The summed E-state index contributed by atoms with van der Waals surface area (Å²) < 4.78 is 19.9. The van der Waals surface area contributed by atoms with Crippen molar-refractivity contribution in [3.05, 3.63) is 59.0 Å². The zero-order valence-corrected chi connectivity index (χ0v) is 21.0. The summed E-state index contributed by atoms with van der Waals surface area (Å²) in [6, 6.07) is 7.71. The van der Waals surface area contributed by atoms with Gasteiger partial charge in [-0.1, -0.05) is 30.9 Å². The molecule has 0 aliphatic carbocycles. The summed E-state index contributed by atoms with van der Waals surface area (Å²) in [5.41, 5.74) is 0.408. The van der Waals surface area contributed by atoms with E-state index in [1.54, 1.807) is 37.8 Å². The number of aliphatic hydroxyl groups is 2. The Kier molecular flexibility index (Phi) is 8.49. The third-order valence-corrected chi connectivity index (χ3v) is 5.87. The number of hydrogen-bond donors (Lipinski definition) is 2. The second kappa shape index (κ2) is 11.2. The Morgan fingerprint density at radius 2 is 2.11 bits per heavy atom. The standard InChI is InChI=1S/C27H34FN3O4/c1-18-14-31(19(2)17-32)26(33)23-12-20(9-10-27(3,4)34)13-29-25(23)35-24(18)16-30(5)15-21-7-6-8-22(28)11-21/h6-8,11-13,18-19,24,32,34H,14-17H2,1-5H3/t18-,19-,24+/m1/s1. The van der Waals surface area contributed by atoms with Crippen LogP contribution in [-0.2, 0) is 6.54 Å². The van der Waals surface area contributed by atoms with Crippen LogP contribution in [0, 0.1) is 23.6 Å². The fraction of sp³-hybridized carbons (Fsp3) is 0.481. The zero-order valence-electron chi connectivity index (χ0n) is 21.0. The van der Waals surface area contributed by atoms with Crippen LogP contribution in [0.15, 0.2) is 36.5 Å². The molecule has 35 heavy (non-hydrogen) atoms. The molecular formula is C27H34FN3O4. The largest absolute Gasteiger partial charge is 0.472 e. The van der Waals surface area contributed by atoms with Crippen molar-refractivity contribution in [3.63, 3.8) is 0 Å².